The van der Waals surface area contributed by atoms with Crippen LogP contribution in [-0.4, -0.2) is 78.2 Å². The molecule has 1 aromatic carbocycles. The van der Waals surface area contributed by atoms with Gasteiger partial charge in [-0.25, -0.2) is 4.98 Å². The predicted molar refractivity (Wildman–Crippen MR) is 111 cm³/mol. The zero-order valence-electron chi connectivity index (χ0n) is 16.9. The van der Waals surface area contributed by atoms with Crippen molar-refractivity contribution in [3.8, 4) is 0 Å². The summed E-state index contributed by atoms with van der Waals surface area (Å²) in [6, 6.07) is 7.33. The number of likely N-dealkylation sites (tertiary alicyclic amines) is 1. The number of rotatable bonds is 5. The van der Waals surface area contributed by atoms with Crippen molar-refractivity contribution in [3.63, 3.8) is 0 Å². The van der Waals surface area contributed by atoms with E-state index in [-0.39, 0.29) is 11.5 Å². The molecule has 1 amide bonds. The highest BCUT2D eigenvalue weighted by Gasteiger charge is 2.32. The largest absolute Gasteiger partial charge is 0.366 e. The Kier molecular flexibility index (Phi) is 6.22. The maximum absolute atomic E-state index is 12.9. The monoisotopic (exact) mass is 399 g/mol. The molecule has 0 spiro atoms. The van der Waals surface area contributed by atoms with Gasteiger partial charge in [-0.3, -0.25) is 14.5 Å². The number of nitrogens with zero attached hydrogens (tertiary/aromatic N) is 3. The van der Waals surface area contributed by atoms with Gasteiger partial charge >= 0.3 is 0 Å². The number of carbonyl (C=O) groups is 1. The molecule has 0 bridgehead atoms. The maximum atomic E-state index is 12.9. The van der Waals surface area contributed by atoms with E-state index in [2.05, 4.69) is 20.2 Å². The van der Waals surface area contributed by atoms with Gasteiger partial charge in [0.1, 0.15) is 11.9 Å². The molecule has 3 heterocycles. The third-order valence-corrected chi connectivity index (χ3v) is 5.88. The topological polar surface area (TPSA) is 90.6 Å². The number of hydrogen-bond donors (Lipinski definition) is 2. The van der Waals surface area contributed by atoms with Crippen LogP contribution in [0.15, 0.2) is 29.1 Å². The highest BCUT2D eigenvalue weighted by molar-refractivity contribution is 5.81. The van der Waals surface area contributed by atoms with Gasteiger partial charge in [0.25, 0.3) is 11.5 Å². The number of H-pyrrole nitrogens is 1. The number of amides is 1. The maximum Gasteiger partial charge on any atom is 0.258 e. The van der Waals surface area contributed by atoms with E-state index in [1.54, 1.807) is 6.07 Å². The SMILES string of the molecule is CNCC1CCN(C(=O)[C@@H]2CN(Cc3nc4ccccc4c(=O)[nH]3)CCO2)CC1. The Bertz CT molecular complexity index is 907. The number of benzene rings is 1. The lowest BCUT2D eigenvalue weighted by atomic mass is 9.96. The van der Waals surface area contributed by atoms with E-state index in [1.807, 2.05) is 30.1 Å². The quantitative estimate of drug-likeness (QED) is 0.765. The van der Waals surface area contributed by atoms with Crippen molar-refractivity contribution < 1.29 is 9.53 Å². The summed E-state index contributed by atoms with van der Waals surface area (Å²) in [6.45, 7) is 4.83. The van der Waals surface area contributed by atoms with Gasteiger partial charge in [0, 0.05) is 26.2 Å². The molecule has 8 nitrogen and oxygen atoms in total. The minimum Gasteiger partial charge on any atom is -0.366 e. The number of nitrogens with one attached hydrogen (secondary N) is 2. The van der Waals surface area contributed by atoms with Crippen LogP contribution in [0.2, 0.25) is 0 Å². The lowest BCUT2D eigenvalue weighted by Crippen LogP contribution is -2.52. The number of aromatic amines is 1. The molecule has 0 unspecified atom stereocenters. The summed E-state index contributed by atoms with van der Waals surface area (Å²) < 4.78 is 5.79. The number of fused-ring (bicyclic) bond motifs is 1. The first-order valence-corrected chi connectivity index (χ1v) is 10.4. The van der Waals surface area contributed by atoms with Gasteiger partial charge in [-0.15, -0.1) is 0 Å². The number of carbonyl (C=O) groups excluding carboxylic acids is 1. The zero-order valence-corrected chi connectivity index (χ0v) is 16.9. The van der Waals surface area contributed by atoms with Crippen LogP contribution in [0.5, 0.6) is 0 Å². The summed E-state index contributed by atoms with van der Waals surface area (Å²) in [5.41, 5.74) is 0.563. The average Bonchev–Trinajstić information content (AvgIpc) is 2.74. The van der Waals surface area contributed by atoms with Crippen molar-refractivity contribution in [1.29, 1.82) is 0 Å². The fraction of sp³-hybridized carbons (Fsp3) is 0.571. The van der Waals surface area contributed by atoms with Crippen LogP contribution < -0.4 is 10.9 Å². The summed E-state index contributed by atoms with van der Waals surface area (Å²) in [5, 5.41) is 3.81. The molecule has 2 aromatic rings. The van der Waals surface area contributed by atoms with Crippen LogP contribution in [0.1, 0.15) is 18.7 Å². The second-order valence-corrected chi connectivity index (χ2v) is 7.95. The van der Waals surface area contributed by atoms with Gasteiger partial charge in [0.05, 0.1) is 24.1 Å². The normalized spacial score (nSPS) is 21.6. The van der Waals surface area contributed by atoms with Crippen molar-refractivity contribution in [2.75, 3.05) is 46.4 Å². The van der Waals surface area contributed by atoms with Crippen molar-refractivity contribution in [1.82, 2.24) is 25.1 Å². The van der Waals surface area contributed by atoms with E-state index >= 15 is 0 Å². The van der Waals surface area contributed by atoms with Gasteiger partial charge < -0.3 is 19.9 Å². The Balaban J connectivity index is 1.37. The van der Waals surface area contributed by atoms with Gasteiger partial charge in [0.15, 0.2) is 0 Å². The molecule has 1 atom stereocenters. The summed E-state index contributed by atoms with van der Waals surface area (Å²) >= 11 is 0. The van der Waals surface area contributed by atoms with Crippen LogP contribution in [0.4, 0.5) is 0 Å². The van der Waals surface area contributed by atoms with Crippen LogP contribution in [-0.2, 0) is 16.1 Å². The fourth-order valence-corrected chi connectivity index (χ4v) is 4.27. The van der Waals surface area contributed by atoms with E-state index in [1.165, 1.54) is 0 Å². The standard InChI is InChI=1S/C21H29N5O3/c1-22-12-15-6-8-26(9-7-15)21(28)18-13-25(10-11-29-18)14-19-23-17-5-3-2-4-16(17)20(27)24-19/h2-5,15,18,22H,6-14H2,1H3,(H,23,24,27)/t18-/m0/s1. The van der Waals surface area contributed by atoms with Crippen LogP contribution in [0.3, 0.4) is 0 Å². The highest BCUT2D eigenvalue weighted by Crippen LogP contribution is 2.19. The lowest BCUT2D eigenvalue weighted by molar-refractivity contribution is -0.151. The second kappa shape index (κ2) is 9.02. The average molecular weight is 399 g/mol. The summed E-state index contributed by atoms with van der Waals surface area (Å²) in [7, 11) is 1.97. The minimum absolute atomic E-state index is 0.0811. The van der Waals surface area contributed by atoms with E-state index in [0.717, 1.165) is 32.5 Å². The third kappa shape index (κ3) is 4.66. The molecular weight excluding hydrogens is 370 g/mol. The molecule has 0 aliphatic carbocycles. The Morgan fingerprint density at radius 3 is 2.86 bits per heavy atom. The Labute approximate surface area is 170 Å². The third-order valence-electron chi connectivity index (χ3n) is 5.88. The minimum atomic E-state index is -0.447. The Morgan fingerprint density at radius 1 is 1.28 bits per heavy atom. The number of aromatic nitrogens is 2. The van der Waals surface area contributed by atoms with E-state index in [9.17, 15) is 9.59 Å². The molecule has 2 aliphatic heterocycles. The molecule has 2 aliphatic rings. The number of para-hydroxylation sites is 1. The van der Waals surface area contributed by atoms with Crippen LogP contribution >= 0.6 is 0 Å². The Morgan fingerprint density at radius 2 is 2.07 bits per heavy atom. The molecule has 2 fully saturated rings. The lowest BCUT2D eigenvalue weighted by Gasteiger charge is -2.37. The molecule has 2 N–H and O–H groups in total. The van der Waals surface area contributed by atoms with E-state index < -0.39 is 6.10 Å². The summed E-state index contributed by atoms with van der Waals surface area (Å²) in [4.78, 5) is 36.7. The van der Waals surface area contributed by atoms with Gasteiger partial charge in [-0.1, -0.05) is 12.1 Å². The van der Waals surface area contributed by atoms with Gasteiger partial charge in [-0.2, -0.15) is 0 Å². The van der Waals surface area contributed by atoms with E-state index in [4.69, 9.17) is 4.74 Å². The first-order valence-electron chi connectivity index (χ1n) is 10.4. The van der Waals surface area contributed by atoms with Crippen molar-refractivity contribution >= 4 is 16.8 Å². The number of piperidine rings is 1. The van der Waals surface area contributed by atoms with Crippen molar-refractivity contribution in [2.24, 2.45) is 5.92 Å². The smallest absolute Gasteiger partial charge is 0.258 e. The van der Waals surface area contributed by atoms with Gasteiger partial charge in [0.2, 0.25) is 0 Å². The first kappa shape index (κ1) is 20.0. The molecule has 8 heteroatoms. The predicted octanol–water partition coefficient (Wildman–Crippen LogP) is 0.582. The number of hydrogen-bond acceptors (Lipinski definition) is 6. The molecular formula is C21H29N5O3. The van der Waals surface area contributed by atoms with Crippen LogP contribution in [0, 0.1) is 5.92 Å². The second-order valence-electron chi connectivity index (χ2n) is 7.95. The number of ether oxygens (including phenoxy) is 1. The molecule has 0 saturated carbocycles. The van der Waals surface area contributed by atoms with Gasteiger partial charge in [-0.05, 0) is 44.5 Å². The van der Waals surface area contributed by atoms with E-state index in [0.29, 0.717) is 48.9 Å². The highest BCUT2D eigenvalue weighted by atomic mass is 16.5. The molecule has 0 radical (unpaired) electrons. The molecule has 1 aromatic heterocycles. The molecule has 29 heavy (non-hydrogen) atoms. The number of morpholine rings is 1. The molecule has 4 rings (SSSR count). The molecule has 156 valence electrons. The Hall–Kier alpha value is -2.29. The fourth-order valence-electron chi connectivity index (χ4n) is 4.27. The first-order chi connectivity index (χ1) is 14.1. The van der Waals surface area contributed by atoms with Crippen molar-refractivity contribution in [3.05, 3.63) is 40.4 Å². The van der Waals surface area contributed by atoms with Crippen LogP contribution in [0.25, 0.3) is 10.9 Å². The summed E-state index contributed by atoms with van der Waals surface area (Å²) in [6.07, 6.45) is 1.62. The zero-order chi connectivity index (χ0) is 20.2. The summed E-state index contributed by atoms with van der Waals surface area (Å²) in [5.74, 6) is 1.34. The molecule has 2 saturated heterocycles. The van der Waals surface area contributed by atoms with Crippen molar-refractivity contribution in [2.45, 2.75) is 25.5 Å².